The highest BCUT2D eigenvalue weighted by Gasteiger charge is 2.24. The lowest BCUT2D eigenvalue weighted by Crippen LogP contribution is -2.47. The zero-order valence-corrected chi connectivity index (χ0v) is 23.5. The molecule has 1 heterocycles. The fraction of sp³-hybridized carbons (Fsp3) is 0.310. The molecule has 9 heteroatoms. The number of hydrogen-bond donors (Lipinski definition) is 3. The number of halogens is 1. The van der Waals surface area contributed by atoms with E-state index in [0.29, 0.717) is 16.9 Å². The van der Waals surface area contributed by atoms with Crippen molar-refractivity contribution in [3.05, 3.63) is 76.8 Å². The van der Waals surface area contributed by atoms with Gasteiger partial charge in [0.25, 0.3) is 5.91 Å². The van der Waals surface area contributed by atoms with Gasteiger partial charge in [-0.3, -0.25) is 4.79 Å². The Morgan fingerprint density at radius 3 is 2.16 bits per heavy atom. The molecular formula is C29H34BrN5O3. The lowest BCUT2D eigenvalue weighted by atomic mass is 10.1. The summed E-state index contributed by atoms with van der Waals surface area (Å²) in [5, 5.41) is 8.75. The molecule has 1 unspecified atom stereocenters. The van der Waals surface area contributed by atoms with Crippen LogP contribution in [0.25, 0.3) is 0 Å². The number of methoxy groups -OCH3 is 1. The molecule has 1 saturated heterocycles. The van der Waals surface area contributed by atoms with Crippen molar-refractivity contribution >= 4 is 50.6 Å². The largest absolute Gasteiger partial charge is 0.495 e. The van der Waals surface area contributed by atoms with Crippen LogP contribution in [0.2, 0.25) is 0 Å². The second-order valence-corrected chi connectivity index (χ2v) is 10.2. The molecule has 1 fully saturated rings. The number of nitrogens with zero attached hydrogens (tertiary/aromatic N) is 2. The number of carbonyl (C=O) groups excluding carboxylic acids is 2. The van der Waals surface area contributed by atoms with Crippen LogP contribution in [-0.4, -0.2) is 51.3 Å². The van der Waals surface area contributed by atoms with Gasteiger partial charge in [0.05, 0.1) is 18.4 Å². The Balaban J connectivity index is 1.51. The van der Waals surface area contributed by atoms with E-state index in [0.717, 1.165) is 54.2 Å². The van der Waals surface area contributed by atoms with Gasteiger partial charge < -0.3 is 30.5 Å². The van der Waals surface area contributed by atoms with Crippen LogP contribution in [0, 0.1) is 0 Å². The number of hydrogen-bond acceptors (Lipinski definition) is 5. The minimum absolute atomic E-state index is 0.0371. The number of nitrogens with one attached hydrogen (secondary N) is 3. The zero-order valence-electron chi connectivity index (χ0n) is 22.0. The van der Waals surface area contributed by atoms with Crippen LogP contribution in [0.5, 0.6) is 5.75 Å². The minimum Gasteiger partial charge on any atom is -0.495 e. The topological polar surface area (TPSA) is 85.9 Å². The van der Waals surface area contributed by atoms with Gasteiger partial charge in [-0.25, -0.2) is 4.79 Å². The molecule has 3 aromatic rings. The molecule has 4 rings (SSSR count). The summed E-state index contributed by atoms with van der Waals surface area (Å²) in [6.45, 7) is 7.10. The van der Waals surface area contributed by atoms with Crippen molar-refractivity contribution in [1.29, 1.82) is 0 Å². The van der Waals surface area contributed by atoms with E-state index >= 15 is 0 Å². The van der Waals surface area contributed by atoms with Gasteiger partial charge in [-0.1, -0.05) is 35.0 Å². The van der Waals surface area contributed by atoms with E-state index in [1.807, 2.05) is 68.4 Å². The number of anilines is 4. The van der Waals surface area contributed by atoms with E-state index in [2.05, 4.69) is 47.7 Å². The van der Waals surface area contributed by atoms with Crippen molar-refractivity contribution in [2.24, 2.45) is 0 Å². The molecule has 3 N–H and O–H groups in total. The molecule has 1 atom stereocenters. The maximum atomic E-state index is 13.3. The van der Waals surface area contributed by atoms with Crippen LogP contribution in [-0.2, 0) is 0 Å². The molecule has 8 nitrogen and oxygen atoms in total. The summed E-state index contributed by atoms with van der Waals surface area (Å²) in [7, 11) is 1.69. The smallest absolute Gasteiger partial charge is 0.323 e. The third kappa shape index (κ3) is 6.77. The molecule has 0 spiro atoms. The van der Waals surface area contributed by atoms with Crippen molar-refractivity contribution in [3.8, 4) is 5.75 Å². The Kier molecular flexibility index (Phi) is 9.12. The third-order valence-electron chi connectivity index (χ3n) is 6.64. The Labute approximate surface area is 232 Å². The Bertz CT molecular complexity index is 1260. The number of ether oxygens (including phenoxy) is 1. The van der Waals surface area contributed by atoms with Gasteiger partial charge in [0.15, 0.2) is 0 Å². The summed E-state index contributed by atoms with van der Waals surface area (Å²) in [5.74, 6) is 0.699. The van der Waals surface area contributed by atoms with E-state index in [9.17, 15) is 9.59 Å². The van der Waals surface area contributed by atoms with Gasteiger partial charge in [-0.2, -0.15) is 0 Å². The van der Waals surface area contributed by atoms with Gasteiger partial charge in [-0.15, -0.1) is 0 Å². The van der Waals surface area contributed by atoms with Crippen LogP contribution in [0.1, 0.15) is 30.6 Å². The molecule has 38 heavy (non-hydrogen) atoms. The van der Waals surface area contributed by atoms with Crippen molar-refractivity contribution in [2.45, 2.75) is 26.3 Å². The monoisotopic (exact) mass is 579 g/mol. The molecule has 0 aromatic heterocycles. The SMILES string of the molecule is CCC(C)NC(=O)c1cc(NC(=O)Nc2ccc(Br)cc2)ccc1N1CCN(c2ccccc2OC)CC1. The first kappa shape index (κ1) is 27.3. The highest BCUT2D eigenvalue weighted by Crippen LogP contribution is 2.31. The molecule has 1 aliphatic heterocycles. The fourth-order valence-corrected chi connectivity index (χ4v) is 4.65. The quantitative estimate of drug-likeness (QED) is 0.306. The average Bonchev–Trinajstić information content (AvgIpc) is 2.94. The van der Waals surface area contributed by atoms with E-state index < -0.39 is 0 Å². The van der Waals surface area contributed by atoms with Crippen molar-refractivity contribution < 1.29 is 14.3 Å². The van der Waals surface area contributed by atoms with Gasteiger partial charge >= 0.3 is 6.03 Å². The molecule has 0 radical (unpaired) electrons. The fourth-order valence-electron chi connectivity index (χ4n) is 4.38. The number of para-hydroxylation sites is 2. The predicted octanol–water partition coefficient (Wildman–Crippen LogP) is 5.96. The number of piperazine rings is 1. The van der Waals surface area contributed by atoms with Crippen molar-refractivity contribution in [1.82, 2.24) is 5.32 Å². The summed E-state index contributed by atoms with van der Waals surface area (Å²) >= 11 is 3.39. The summed E-state index contributed by atoms with van der Waals surface area (Å²) in [5.41, 5.74) is 3.68. The summed E-state index contributed by atoms with van der Waals surface area (Å²) in [6.07, 6.45) is 0.826. The Morgan fingerprint density at radius 1 is 0.895 bits per heavy atom. The normalized spacial score (nSPS) is 14.0. The molecule has 3 amide bonds. The molecule has 0 aliphatic carbocycles. The summed E-state index contributed by atoms with van der Waals surface area (Å²) in [6, 6.07) is 20.5. The van der Waals surface area contributed by atoms with Crippen LogP contribution in [0.4, 0.5) is 27.5 Å². The lowest BCUT2D eigenvalue weighted by molar-refractivity contribution is 0.0939. The highest BCUT2D eigenvalue weighted by molar-refractivity contribution is 9.10. The van der Waals surface area contributed by atoms with Gasteiger partial charge in [-0.05, 0) is 67.9 Å². The molecule has 0 saturated carbocycles. The second-order valence-electron chi connectivity index (χ2n) is 9.25. The lowest BCUT2D eigenvalue weighted by Gasteiger charge is -2.38. The second kappa shape index (κ2) is 12.7. The molecule has 200 valence electrons. The van der Waals surface area contributed by atoms with Gasteiger partial charge in [0.2, 0.25) is 0 Å². The average molecular weight is 581 g/mol. The molecular weight excluding hydrogens is 546 g/mol. The summed E-state index contributed by atoms with van der Waals surface area (Å²) in [4.78, 5) is 30.5. The molecule has 1 aliphatic rings. The van der Waals surface area contributed by atoms with Crippen molar-refractivity contribution in [2.75, 3.05) is 53.7 Å². The maximum absolute atomic E-state index is 13.3. The standard InChI is InChI=1S/C29H34BrN5O3/c1-4-20(2)31-28(36)24-19-23(33-29(37)32-22-11-9-21(30)10-12-22)13-14-25(24)34-15-17-35(18-16-34)26-7-5-6-8-27(26)38-3/h5-14,19-20H,4,15-18H2,1-3H3,(H,31,36)(H2,32,33,37). The van der Waals surface area contributed by atoms with Gasteiger partial charge in [0.1, 0.15) is 5.75 Å². The molecule has 0 bridgehead atoms. The number of rotatable bonds is 8. The Hall–Kier alpha value is -3.72. The number of urea groups is 1. The number of amides is 3. The van der Waals surface area contributed by atoms with Crippen LogP contribution < -0.4 is 30.5 Å². The first-order valence-electron chi connectivity index (χ1n) is 12.8. The van der Waals surface area contributed by atoms with E-state index in [1.54, 1.807) is 13.2 Å². The maximum Gasteiger partial charge on any atom is 0.323 e. The van der Waals surface area contributed by atoms with Crippen LogP contribution in [0.3, 0.4) is 0 Å². The number of carbonyl (C=O) groups is 2. The molecule has 3 aromatic carbocycles. The third-order valence-corrected chi connectivity index (χ3v) is 7.17. The van der Waals surface area contributed by atoms with Gasteiger partial charge in [0, 0.05) is 53.8 Å². The first-order chi connectivity index (χ1) is 18.4. The van der Waals surface area contributed by atoms with Crippen molar-refractivity contribution in [3.63, 3.8) is 0 Å². The highest BCUT2D eigenvalue weighted by atomic mass is 79.9. The van der Waals surface area contributed by atoms with E-state index in [1.165, 1.54) is 0 Å². The van der Waals surface area contributed by atoms with Crippen LogP contribution >= 0.6 is 15.9 Å². The predicted molar refractivity (Wildman–Crippen MR) is 158 cm³/mol. The zero-order chi connectivity index (χ0) is 27.1. The first-order valence-corrected chi connectivity index (χ1v) is 13.6. The number of benzene rings is 3. The minimum atomic E-state index is -0.376. The Morgan fingerprint density at radius 2 is 1.50 bits per heavy atom. The van der Waals surface area contributed by atoms with Crippen LogP contribution in [0.15, 0.2) is 71.2 Å². The van der Waals surface area contributed by atoms with E-state index in [-0.39, 0.29) is 18.0 Å². The summed E-state index contributed by atoms with van der Waals surface area (Å²) < 4.78 is 6.48. The van der Waals surface area contributed by atoms with E-state index in [4.69, 9.17) is 4.74 Å².